The molecule has 2 heteroatoms. The lowest BCUT2D eigenvalue weighted by Gasteiger charge is -2.39. The molecule has 2 saturated carbocycles. The summed E-state index contributed by atoms with van der Waals surface area (Å²) in [4.78, 5) is 2.82. The minimum absolute atomic E-state index is 0.811. The van der Waals surface area contributed by atoms with E-state index < -0.39 is 0 Å². The average Bonchev–Trinajstić information content (AvgIpc) is 2.94. The van der Waals surface area contributed by atoms with Gasteiger partial charge in [0.05, 0.1) is 0 Å². The molecule has 104 valence electrons. The molecular weight excluding hydrogens is 220 g/mol. The van der Waals surface area contributed by atoms with Crippen molar-refractivity contribution in [2.45, 2.75) is 52.0 Å². The summed E-state index contributed by atoms with van der Waals surface area (Å²) in [6.07, 6.45) is 7.49. The van der Waals surface area contributed by atoms with Crippen LogP contribution in [0.2, 0.25) is 0 Å². The molecule has 1 heterocycles. The van der Waals surface area contributed by atoms with Crippen LogP contribution < -0.4 is 5.32 Å². The first-order valence-electron chi connectivity index (χ1n) is 8.19. The standard InChI is InChI=1S/C16H30N2/c1-12-10-17-6-3-7-18(11-12)13(2)16-9-14-4-5-15(16)8-14/h12-17H,3-11H2,1-2H3. The second-order valence-corrected chi connectivity index (χ2v) is 7.24. The first-order chi connectivity index (χ1) is 8.74. The molecule has 2 nitrogen and oxygen atoms in total. The van der Waals surface area contributed by atoms with E-state index in [9.17, 15) is 0 Å². The fourth-order valence-corrected chi connectivity index (χ4v) is 4.84. The third-order valence-electron chi connectivity index (χ3n) is 5.83. The van der Waals surface area contributed by atoms with Crippen LogP contribution in [0.4, 0.5) is 0 Å². The van der Waals surface area contributed by atoms with Gasteiger partial charge in [-0.1, -0.05) is 13.3 Å². The Labute approximate surface area is 113 Å². The third-order valence-corrected chi connectivity index (χ3v) is 5.83. The average molecular weight is 250 g/mol. The Morgan fingerprint density at radius 1 is 1.22 bits per heavy atom. The van der Waals surface area contributed by atoms with Gasteiger partial charge in [-0.2, -0.15) is 0 Å². The Bertz CT molecular complexity index is 278. The smallest absolute Gasteiger partial charge is 0.00980 e. The molecule has 0 amide bonds. The van der Waals surface area contributed by atoms with Gasteiger partial charge in [0.25, 0.3) is 0 Å². The van der Waals surface area contributed by atoms with Crippen LogP contribution in [0.1, 0.15) is 46.0 Å². The van der Waals surface area contributed by atoms with E-state index in [-0.39, 0.29) is 0 Å². The van der Waals surface area contributed by atoms with Crippen LogP contribution in [-0.2, 0) is 0 Å². The van der Waals surface area contributed by atoms with Crippen LogP contribution in [0.15, 0.2) is 0 Å². The lowest BCUT2D eigenvalue weighted by molar-refractivity contribution is 0.0976. The monoisotopic (exact) mass is 250 g/mol. The molecule has 2 bridgehead atoms. The second-order valence-electron chi connectivity index (χ2n) is 7.24. The lowest BCUT2D eigenvalue weighted by Crippen LogP contribution is -2.46. The summed E-state index contributed by atoms with van der Waals surface area (Å²) in [5.41, 5.74) is 0. The molecule has 3 aliphatic rings. The van der Waals surface area contributed by atoms with Crippen molar-refractivity contribution < 1.29 is 0 Å². The molecule has 3 rings (SSSR count). The van der Waals surface area contributed by atoms with Crippen LogP contribution in [0.25, 0.3) is 0 Å². The lowest BCUT2D eigenvalue weighted by atomic mass is 9.83. The zero-order chi connectivity index (χ0) is 12.5. The molecule has 1 N–H and O–H groups in total. The van der Waals surface area contributed by atoms with Crippen molar-refractivity contribution >= 4 is 0 Å². The molecule has 0 aromatic carbocycles. The van der Waals surface area contributed by atoms with Gasteiger partial charge in [0.15, 0.2) is 0 Å². The number of nitrogens with zero attached hydrogens (tertiary/aromatic N) is 1. The zero-order valence-corrected chi connectivity index (χ0v) is 12.2. The van der Waals surface area contributed by atoms with Crippen LogP contribution >= 0.6 is 0 Å². The Kier molecular flexibility index (Phi) is 3.95. The van der Waals surface area contributed by atoms with Crippen molar-refractivity contribution in [3.8, 4) is 0 Å². The highest BCUT2D eigenvalue weighted by atomic mass is 15.2. The first-order valence-corrected chi connectivity index (χ1v) is 8.19. The SMILES string of the molecule is CC1CNCCCN(C(C)C2CC3CCC2C3)C1. The van der Waals surface area contributed by atoms with Gasteiger partial charge in [-0.3, -0.25) is 0 Å². The predicted octanol–water partition coefficient (Wildman–Crippen LogP) is 2.74. The Hall–Kier alpha value is -0.0800. The number of fused-ring (bicyclic) bond motifs is 2. The largest absolute Gasteiger partial charge is 0.316 e. The van der Waals surface area contributed by atoms with Gasteiger partial charge in [0, 0.05) is 12.6 Å². The molecule has 0 aromatic rings. The first kappa shape index (κ1) is 12.9. The van der Waals surface area contributed by atoms with Crippen molar-refractivity contribution in [3.05, 3.63) is 0 Å². The van der Waals surface area contributed by atoms with Crippen LogP contribution in [0.3, 0.4) is 0 Å². The van der Waals surface area contributed by atoms with Crippen LogP contribution in [0, 0.1) is 23.7 Å². The van der Waals surface area contributed by atoms with Crippen molar-refractivity contribution in [1.82, 2.24) is 10.2 Å². The van der Waals surface area contributed by atoms with Crippen LogP contribution in [-0.4, -0.2) is 37.1 Å². The molecule has 1 saturated heterocycles. The molecule has 1 aliphatic heterocycles. The van der Waals surface area contributed by atoms with Crippen molar-refractivity contribution in [3.63, 3.8) is 0 Å². The van der Waals surface area contributed by atoms with Gasteiger partial charge in [-0.25, -0.2) is 0 Å². The highest BCUT2D eigenvalue weighted by molar-refractivity contribution is 4.95. The summed E-state index contributed by atoms with van der Waals surface area (Å²) in [7, 11) is 0. The molecule has 0 radical (unpaired) electrons. The molecule has 2 aliphatic carbocycles. The maximum absolute atomic E-state index is 3.57. The Morgan fingerprint density at radius 2 is 2.11 bits per heavy atom. The summed E-state index contributed by atoms with van der Waals surface area (Å²) in [6.45, 7) is 9.96. The molecule has 0 aromatic heterocycles. The predicted molar refractivity (Wildman–Crippen MR) is 76.6 cm³/mol. The van der Waals surface area contributed by atoms with E-state index in [0.717, 1.165) is 29.7 Å². The maximum Gasteiger partial charge on any atom is 0.00980 e. The van der Waals surface area contributed by atoms with E-state index >= 15 is 0 Å². The minimum Gasteiger partial charge on any atom is -0.316 e. The van der Waals surface area contributed by atoms with E-state index in [2.05, 4.69) is 24.1 Å². The summed E-state index contributed by atoms with van der Waals surface area (Å²) >= 11 is 0. The van der Waals surface area contributed by atoms with Gasteiger partial charge in [-0.15, -0.1) is 0 Å². The fraction of sp³-hybridized carbons (Fsp3) is 1.00. The highest BCUT2D eigenvalue weighted by Gasteiger charge is 2.43. The summed E-state index contributed by atoms with van der Waals surface area (Å²) in [6, 6.07) is 0.834. The van der Waals surface area contributed by atoms with Gasteiger partial charge in [0.1, 0.15) is 0 Å². The molecule has 18 heavy (non-hydrogen) atoms. The van der Waals surface area contributed by atoms with Crippen molar-refractivity contribution in [2.75, 3.05) is 26.2 Å². The quantitative estimate of drug-likeness (QED) is 0.811. The number of hydrogen-bond acceptors (Lipinski definition) is 2. The van der Waals surface area contributed by atoms with Gasteiger partial charge >= 0.3 is 0 Å². The molecule has 5 unspecified atom stereocenters. The van der Waals surface area contributed by atoms with Crippen LogP contribution in [0.5, 0.6) is 0 Å². The zero-order valence-electron chi connectivity index (χ0n) is 12.2. The normalized spacial score (nSPS) is 43.7. The summed E-state index contributed by atoms with van der Waals surface area (Å²) in [5.74, 6) is 4.00. The highest BCUT2D eigenvalue weighted by Crippen LogP contribution is 2.50. The summed E-state index contributed by atoms with van der Waals surface area (Å²) in [5, 5.41) is 3.57. The maximum atomic E-state index is 3.57. The Morgan fingerprint density at radius 3 is 2.83 bits per heavy atom. The number of rotatable bonds is 2. The number of hydrogen-bond donors (Lipinski definition) is 1. The topological polar surface area (TPSA) is 15.3 Å². The van der Waals surface area contributed by atoms with E-state index in [1.807, 2.05) is 0 Å². The van der Waals surface area contributed by atoms with E-state index in [1.165, 1.54) is 51.9 Å². The Balaban J connectivity index is 1.61. The minimum atomic E-state index is 0.811. The molecule has 0 spiro atoms. The van der Waals surface area contributed by atoms with E-state index in [1.54, 1.807) is 6.42 Å². The third kappa shape index (κ3) is 2.60. The fourth-order valence-electron chi connectivity index (χ4n) is 4.84. The second kappa shape index (κ2) is 5.50. The van der Waals surface area contributed by atoms with Gasteiger partial charge in [-0.05, 0) is 75.9 Å². The molecule has 5 atom stereocenters. The number of nitrogens with one attached hydrogen (secondary N) is 1. The van der Waals surface area contributed by atoms with E-state index in [0.29, 0.717) is 0 Å². The summed E-state index contributed by atoms with van der Waals surface area (Å²) < 4.78 is 0. The van der Waals surface area contributed by atoms with Gasteiger partial charge in [0.2, 0.25) is 0 Å². The van der Waals surface area contributed by atoms with Crippen molar-refractivity contribution in [2.24, 2.45) is 23.7 Å². The molecule has 3 fully saturated rings. The molecular formula is C16H30N2. The van der Waals surface area contributed by atoms with Gasteiger partial charge < -0.3 is 10.2 Å². The van der Waals surface area contributed by atoms with E-state index in [4.69, 9.17) is 0 Å². The van der Waals surface area contributed by atoms with Crippen molar-refractivity contribution in [1.29, 1.82) is 0 Å².